The first-order chi connectivity index (χ1) is 6.16. The Morgan fingerprint density at radius 2 is 2.08 bits per heavy atom. The third-order valence-electron chi connectivity index (χ3n) is 3.15. The van der Waals surface area contributed by atoms with E-state index >= 15 is 0 Å². The SMILES string of the molecule is CC1CC(NC(C(=O)O)C2CC2)C1. The Kier molecular flexibility index (Phi) is 2.28. The third-order valence-corrected chi connectivity index (χ3v) is 3.15. The highest BCUT2D eigenvalue weighted by atomic mass is 16.4. The predicted molar refractivity (Wildman–Crippen MR) is 49.5 cm³/mol. The van der Waals surface area contributed by atoms with Gasteiger partial charge in [0, 0.05) is 6.04 Å². The van der Waals surface area contributed by atoms with Crippen molar-refractivity contribution < 1.29 is 9.90 Å². The molecule has 3 heteroatoms. The van der Waals surface area contributed by atoms with Gasteiger partial charge >= 0.3 is 5.97 Å². The molecule has 0 aromatic heterocycles. The van der Waals surface area contributed by atoms with Crippen LogP contribution in [0.1, 0.15) is 32.6 Å². The fraction of sp³-hybridized carbons (Fsp3) is 0.900. The zero-order chi connectivity index (χ0) is 9.42. The van der Waals surface area contributed by atoms with E-state index in [1.54, 1.807) is 0 Å². The molecule has 0 aromatic carbocycles. The molecule has 0 heterocycles. The van der Waals surface area contributed by atoms with Gasteiger partial charge in [-0.15, -0.1) is 0 Å². The maximum Gasteiger partial charge on any atom is 0.320 e. The number of rotatable bonds is 4. The first-order valence-electron chi connectivity index (χ1n) is 5.15. The molecule has 74 valence electrons. The van der Waals surface area contributed by atoms with Crippen LogP contribution < -0.4 is 5.32 Å². The molecule has 0 bridgehead atoms. The smallest absolute Gasteiger partial charge is 0.320 e. The van der Waals surface area contributed by atoms with E-state index in [1.165, 1.54) is 0 Å². The molecule has 2 rings (SSSR count). The van der Waals surface area contributed by atoms with E-state index in [0.29, 0.717) is 12.0 Å². The van der Waals surface area contributed by atoms with Gasteiger partial charge in [0.25, 0.3) is 0 Å². The van der Waals surface area contributed by atoms with E-state index in [-0.39, 0.29) is 6.04 Å². The third kappa shape index (κ3) is 2.02. The summed E-state index contributed by atoms with van der Waals surface area (Å²) in [5, 5.41) is 12.2. The zero-order valence-electron chi connectivity index (χ0n) is 7.99. The zero-order valence-corrected chi connectivity index (χ0v) is 7.99. The maximum atomic E-state index is 10.9. The highest BCUT2D eigenvalue weighted by Gasteiger charge is 2.39. The molecule has 0 spiro atoms. The average Bonchev–Trinajstić information content (AvgIpc) is 2.77. The molecule has 2 fully saturated rings. The van der Waals surface area contributed by atoms with E-state index in [0.717, 1.165) is 31.6 Å². The van der Waals surface area contributed by atoms with Crippen molar-refractivity contribution in [1.29, 1.82) is 0 Å². The summed E-state index contributed by atoms with van der Waals surface area (Å²) >= 11 is 0. The van der Waals surface area contributed by atoms with Crippen LogP contribution in [0.25, 0.3) is 0 Å². The summed E-state index contributed by atoms with van der Waals surface area (Å²) in [6.45, 7) is 2.21. The number of carboxylic acid groups (broad SMARTS) is 1. The number of aliphatic carboxylic acids is 1. The molecule has 2 N–H and O–H groups in total. The van der Waals surface area contributed by atoms with Gasteiger partial charge in [-0.25, -0.2) is 0 Å². The van der Waals surface area contributed by atoms with Gasteiger partial charge in [0.15, 0.2) is 0 Å². The number of hydrogen-bond acceptors (Lipinski definition) is 2. The first kappa shape index (κ1) is 9.00. The normalized spacial score (nSPS) is 35.2. The Morgan fingerprint density at radius 3 is 2.46 bits per heavy atom. The number of hydrogen-bond donors (Lipinski definition) is 2. The maximum absolute atomic E-state index is 10.9. The number of nitrogens with one attached hydrogen (secondary N) is 1. The van der Waals surface area contributed by atoms with Crippen molar-refractivity contribution in [2.45, 2.75) is 44.7 Å². The molecule has 0 amide bonds. The minimum atomic E-state index is -0.665. The van der Waals surface area contributed by atoms with E-state index in [4.69, 9.17) is 5.11 Å². The van der Waals surface area contributed by atoms with E-state index in [9.17, 15) is 4.79 Å². The quantitative estimate of drug-likeness (QED) is 0.689. The fourth-order valence-electron chi connectivity index (χ4n) is 2.13. The highest BCUT2D eigenvalue weighted by Crippen LogP contribution is 2.35. The molecule has 3 nitrogen and oxygen atoms in total. The van der Waals surface area contributed by atoms with Crippen LogP contribution in [-0.4, -0.2) is 23.2 Å². The summed E-state index contributed by atoms with van der Waals surface area (Å²) in [4.78, 5) is 10.9. The highest BCUT2D eigenvalue weighted by molar-refractivity contribution is 5.74. The molecule has 1 unspecified atom stereocenters. The van der Waals surface area contributed by atoms with Crippen molar-refractivity contribution in [2.75, 3.05) is 0 Å². The Labute approximate surface area is 78.5 Å². The van der Waals surface area contributed by atoms with Crippen LogP contribution in [0.15, 0.2) is 0 Å². The van der Waals surface area contributed by atoms with Crippen LogP contribution in [0.2, 0.25) is 0 Å². The summed E-state index contributed by atoms with van der Waals surface area (Å²) in [6.07, 6.45) is 4.48. The lowest BCUT2D eigenvalue weighted by molar-refractivity contribution is -0.140. The van der Waals surface area contributed by atoms with E-state index < -0.39 is 5.97 Å². The van der Waals surface area contributed by atoms with Crippen LogP contribution in [0.3, 0.4) is 0 Å². The van der Waals surface area contributed by atoms with Gasteiger partial charge in [-0.3, -0.25) is 4.79 Å². The van der Waals surface area contributed by atoms with Gasteiger partial charge in [-0.2, -0.15) is 0 Å². The van der Waals surface area contributed by atoms with Gasteiger partial charge < -0.3 is 10.4 Å². The van der Waals surface area contributed by atoms with Crippen molar-refractivity contribution in [3.05, 3.63) is 0 Å². The molecular formula is C10H17NO2. The van der Waals surface area contributed by atoms with Crippen molar-refractivity contribution in [1.82, 2.24) is 5.32 Å². The lowest BCUT2D eigenvalue weighted by Crippen LogP contribution is -2.49. The molecule has 0 aliphatic heterocycles. The molecule has 2 saturated carbocycles. The summed E-state index contributed by atoms with van der Waals surface area (Å²) in [5.74, 6) is 0.529. The Balaban J connectivity index is 1.79. The lowest BCUT2D eigenvalue weighted by atomic mass is 9.81. The Hall–Kier alpha value is -0.570. The van der Waals surface area contributed by atoms with Crippen LogP contribution in [0, 0.1) is 11.8 Å². The second-order valence-corrected chi connectivity index (χ2v) is 4.59. The number of carbonyl (C=O) groups is 1. The Bertz CT molecular complexity index is 207. The minimum Gasteiger partial charge on any atom is -0.480 e. The summed E-state index contributed by atoms with van der Waals surface area (Å²) in [7, 11) is 0. The van der Waals surface area contributed by atoms with Crippen LogP contribution in [-0.2, 0) is 4.79 Å². The van der Waals surface area contributed by atoms with Gasteiger partial charge in [0.05, 0.1) is 0 Å². The van der Waals surface area contributed by atoms with Gasteiger partial charge in [-0.1, -0.05) is 6.92 Å². The molecule has 0 saturated heterocycles. The van der Waals surface area contributed by atoms with Crippen molar-refractivity contribution in [2.24, 2.45) is 11.8 Å². The molecule has 1 atom stereocenters. The molecule has 0 aromatic rings. The molecule has 2 aliphatic carbocycles. The molecular weight excluding hydrogens is 166 g/mol. The molecule has 2 aliphatic rings. The van der Waals surface area contributed by atoms with Crippen LogP contribution in [0.5, 0.6) is 0 Å². The fourth-order valence-corrected chi connectivity index (χ4v) is 2.13. The summed E-state index contributed by atoms with van der Waals surface area (Å²) in [5.41, 5.74) is 0. The van der Waals surface area contributed by atoms with Crippen molar-refractivity contribution >= 4 is 5.97 Å². The topological polar surface area (TPSA) is 49.3 Å². The van der Waals surface area contributed by atoms with Gasteiger partial charge in [0.1, 0.15) is 6.04 Å². The van der Waals surface area contributed by atoms with E-state index in [2.05, 4.69) is 12.2 Å². The van der Waals surface area contributed by atoms with E-state index in [1.807, 2.05) is 0 Å². The average molecular weight is 183 g/mol. The Morgan fingerprint density at radius 1 is 1.46 bits per heavy atom. The second kappa shape index (κ2) is 3.29. The minimum absolute atomic E-state index is 0.266. The molecule has 13 heavy (non-hydrogen) atoms. The largest absolute Gasteiger partial charge is 0.480 e. The monoisotopic (exact) mass is 183 g/mol. The van der Waals surface area contributed by atoms with Crippen molar-refractivity contribution in [3.63, 3.8) is 0 Å². The predicted octanol–water partition coefficient (Wildman–Crippen LogP) is 1.24. The van der Waals surface area contributed by atoms with Gasteiger partial charge in [-0.05, 0) is 37.5 Å². The van der Waals surface area contributed by atoms with Crippen molar-refractivity contribution in [3.8, 4) is 0 Å². The lowest BCUT2D eigenvalue weighted by Gasteiger charge is -2.35. The summed E-state index contributed by atoms with van der Waals surface area (Å²) < 4.78 is 0. The van der Waals surface area contributed by atoms with Crippen LogP contribution in [0.4, 0.5) is 0 Å². The first-order valence-corrected chi connectivity index (χ1v) is 5.15. The van der Waals surface area contributed by atoms with Crippen LogP contribution >= 0.6 is 0 Å². The molecule has 0 radical (unpaired) electrons. The number of carboxylic acids is 1. The standard InChI is InChI=1S/C10H17NO2/c1-6-4-8(5-6)11-9(10(12)13)7-2-3-7/h6-9,11H,2-5H2,1H3,(H,12,13). The summed E-state index contributed by atoms with van der Waals surface area (Å²) in [6, 6.07) is 0.203. The second-order valence-electron chi connectivity index (χ2n) is 4.59. The van der Waals surface area contributed by atoms with Gasteiger partial charge in [0.2, 0.25) is 0 Å².